The molecule has 0 aliphatic carbocycles. The lowest BCUT2D eigenvalue weighted by Crippen LogP contribution is -2.10. The number of unbranched alkanes of at least 4 members (excludes halogenated alkanes) is 5. The Morgan fingerprint density at radius 1 is 0.750 bits per heavy atom. The minimum Gasteiger partial charge on any atom is -0.385 e. The Hall–Kier alpha value is -0.120. The molecule has 3 nitrogen and oxygen atoms in total. The van der Waals surface area contributed by atoms with Gasteiger partial charge < -0.3 is 14.8 Å². The summed E-state index contributed by atoms with van der Waals surface area (Å²) in [5.41, 5.74) is 0. The second kappa shape index (κ2) is 14.9. The molecule has 0 spiro atoms. The van der Waals surface area contributed by atoms with Gasteiger partial charge in [-0.05, 0) is 32.9 Å². The molecule has 3 heteroatoms. The Labute approximate surface area is 101 Å². The summed E-state index contributed by atoms with van der Waals surface area (Å²) in [5.74, 6) is 0. The summed E-state index contributed by atoms with van der Waals surface area (Å²) < 4.78 is 10.5. The lowest BCUT2D eigenvalue weighted by atomic mass is 10.1. The minimum absolute atomic E-state index is 0.897. The Morgan fingerprint density at radius 2 is 1.31 bits per heavy atom. The van der Waals surface area contributed by atoms with E-state index in [1.54, 1.807) is 7.11 Å². The molecule has 0 fully saturated rings. The van der Waals surface area contributed by atoms with Crippen LogP contribution in [0.5, 0.6) is 0 Å². The van der Waals surface area contributed by atoms with E-state index in [-0.39, 0.29) is 0 Å². The highest BCUT2D eigenvalue weighted by Crippen LogP contribution is 2.05. The van der Waals surface area contributed by atoms with Crippen molar-refractivity contribution in [1.82, 2.24) is 5.32 Å². The Balaban J connectivity index is 2.83. The van der Waals surface area contributed by atoms with E-state index >= 15 is 0 Å². The van der Waals surface area contributed by atoms with Gasteiger partial charge in [0.15, 0.2) is 0 Å². The van der Waals surface area contributed by atoms with Crippen LogP contribution in [0.2, 0.25) is 0 Å². The minimum atomic E-state index is 0.897. The lowest BCUT2D eigenvalue weighted by Gasteiger charge is -2.04. The topological polar surface area (TPSA) is 30.5 Å². The number of hydrogen-bond donors (Lipinski definition) is 1. The number of methoxy groups -OCH3 is 1. The number of rotatable bonds is 13. The van der Waals surface area contributed by atoms with Gasteiger partial charge in [-0.3, -0.25) is 0 Å². The molecule has 16 heavy (non-hydrogen) atoms. The molecule has 0 aliphatic heterocycles. The Kier molecular flexibility index (Phi) is 14.8. The molecule has 0 saturated heterocycles. The Morgan fingerprint density at radius 3 is 1.94 bits per heavy atom. The fraction of sp³-hybridized carbons (Fsp3) is 1.00. The van der Waals surface area contributed by atoms with Crippen LogP contribution in [0.25, 0.3) is 0 Å². The van der Waals surface area contributed by atoms with Crippen LogP contribution in [-0.4, -0.2) is 40.5 Å². The first-order valence-electron chi connectivity index (χ1n) is 6.63. The van der Waals surface area contributed by atoms with E-state index in [0.717, 1.165) is 32.8 Å². The van der Waals surface area contributed by atoms with Gasteiger partial charge in [0, 0.05) is 26.9 Å². The average molecular weight is 231 g/mol. The zero-order valence-corrected chi connectivity index (χ0v) is 11.1. The summed E-state index contributed by atoms with van der Waals surface area (Å²) in [5, 5.41) is 3.11. The maximum Gasteiger partial charge on any atom is 0.0478 e. The third-order valence-electron chi connectivity index (χ3n) is 2.60. The number of hydrogen-bond acceptors (Lipinski definition) is 3. The van der Waals surface area contributed by atoms with Crippen molar-refractivity contribution in [3.8, 4) is 0 Å². The molecule has 0 atom stereocenters. The van der Waals surface area contributed by atoms with Gasteiger partial charge in [-0.25, -0.2) is 0 Å². The highest BCUT2D eigenvalue weighted by molar-refractivity contribution is 4.45. The number of ether oxygens (including phenoxy) is 2. The summed E-state index contributed by atoms with van der Waals surface area (Å²) in [4.78, 5) is 0. The molecule has 0 heterocycles. The van der Waals surface area contributed by atoms with Gasteiger partial charge in [-0.15, -0.1) is 0 Å². The van der Waals surface area contributed by atoms with Crippen LogP contribution in [0.3, 0.4) is 0 Å². The highest BCUT2D eigenvalue weighted by Gasteiger charge is 1.92. The molecule has 0 unspecified atom stereocenters. The highest BCUT2D eigenvalue weighted by atomic mass is 16.5. The molecule has 0 saturated carbocycles. The summed E-state index contributed by atoms with van der Waals surface area (Å²) in [6, 6.07) is 0. The van der Waals surface area contributed by atoms with E-state index in [1.165, 1.54) is 38.5 Å². The van der Waals surface area contributed by atoms with Gasteiger partial charge in [-0.2, -0.15) is 0 Å². The van der Waals surface area contributed by atoms with E-state index in [0.29, 0.717) is 0 Å². The molecule has 0 aromatic carbocycles. The Bertz CT molecular complexity index is 107. The molecule has 0 radical (unpaired) electrons. The standard InChI is InChI=1S/C13H29NO2/c1-14-10-9-13-16-12-8-6-4-3-5-7-11-15-2/h14H,3-13H2,1-2H3. The summed E-state index contributed by atoms with van der Waals surface area (Å²) in [6.07, 6.45) is 8.82. The van der Waals surface area contributed by atoms with Gasteiger partial charge in [-0.1, -0.05) is 25.7 Å². The summed E-state index contributed by atoms with van der Waals surface area (Å²) in [7, 11) is 3.75. The van der Waals surface area contributed by atoms with Crippen molar-refractivity contribution in [1.29, 1.82) is 0 Å². The zero-order chi connectivity index (χ0) is 11.9. The van der Waals surface area contributed by atoms with Gasteiger partial charge in [0.1, 0.15) is 0 Å². The van der Waals surface area contributed by atoms with Crippen LogP contribution in [0.4, 0.5) is 0 Å². The molecule has 0 aliphatic rings. The average Bonchev–Trinajstić information content (AvgIpc) is 2.31. The molecular weight excluding hydrogens is 202 g/mol. The first-order chi connectivity index (χ1) is 7.91. The largest absolute Gasteiger partial charge is 0.385 e. The molecule has 0 aromatic heterocycles. The SMILES string of the molecule is CNCCCOCCCCCCCCOC. The van der Waals surface area contributed by atoms with Crippen LogP contribution in [0.1, 0.15) is 44.9 Å². The lowest BCUT2D eigenvalue weighted by molar-refractivity contribution is 0.127. The van der Waals surface area contributed by atoms with Gasteiger partial charge in [0.2, 0.25) is 0 Å². The van der Waals surface area contributed by atoms with E-state index < -0.39 is 0 Å². The van der Waals surface area contributed by atoms with Crippen LogP contribution in [-0.2, 0) is 9.47 Å². The number of nitrogens with one attached hydrogen (secondary N) is 1. The molecule has 98 valence electrons. The van der Waals surface area contributed by atoms with Gasteiger partial charge in [0.25, 0.3) is 0 Å². The predicted octanol–water partition coefficient (Wildman–Crippen LogP) is 2.60. The van der Waals surface area contributed by atoms with E-state index in [2.05, 4.69) is 5.32 Å². The van der Waals surface area contributed by atoms with Crippen molar-refractivity contribution in [2.45, 2.75) is 44.9 Å². The van der Waals surface area contributed by atoms with E-state index in [4.69, 9.17) is 9.47 Å². The van der Waals surface area contributed by atoms with E-state index in [1.807, 2.05) is 7.05 Å². The van der Waals surface area contributed by atoms with E-state index in [9.17, 15) is 0 Å². The molecule has 0 bridgehead atoms. The first kappa shape index (κ1) is 15.9. The van der Waals surface area contributed by atoms with Gasteiger partial charge in [0.05, 0.1) is 0 Å². The predicted molar refractivity (Wildman–Crippen MR) is 68.9 cm³/mol. The summed E-state index contributed by atoms with van der Waals surface area (Å²) in [6.45, 7) is 3.80. The van der Waals surface area contributed by atoms with Crippen molar-refractivity contribution in [3.63, 3.8) is 0 Å². The second-order valence-corrected chi connectivity index (χ2v) is 4.18. The van der Waals surface area contributed by atoms with Crippen LogP contribution in [0.15, 0.2) is 0 Å². The molecule has 0 amide bonds. The molecule has 0 aromatic rings. The normalized spacial score (nSPS) is 10.9. The van der Waals surface area contributed by atoms with Crippen molar-refractivity contribution in [2.75, 3.05) is 40.5 Å². The molecular formula is C13H29NO2. The first-order valence-corrected chi connectivity index (χ1v) is 6.63. The van der Waals surface area contributed by atoms with Crippen LogP contribution < -0.4 is 5.32 Å². The molecule has 0 rings (SSSR count). The van der Waals surface area contributed by atoms with Crippen LogP contribution >= 0.6 is 0 Å². The van der Waals surface area contributed by atoms with Crippen LogP contribution in [0, 0.1) is 0 Å². The zero-order valence-electron chi connectivity index (χ0n) is 11.1. The third kappa shape index (κ3) is 13.9. The smallest absolute Gasteiger partial charge is 0.0478 e. The van der Waals surface area contributed by atoms with Gasteiger partial charge >= 0.3 is 0 Å². The van der Waals surface area contributed by atoms with Crippen molar-refractivity contribution < 1.29 is 9.47 Å². The maximum atomic E-state index is 5.52. The fourth-order valence-corrected chi connectivity index (χ4v) is 1.61. The monoisotopic (exact) mass is 231 g/mol. The molecule has 1 N–H and O–H groups in total. The quantitative estimate of drug-likeness (QED) is 0.494. The fourth-order valence-electron chi connectivity index (χ4n) is 1.61. The summed E-state index contributed by atoms with van der Waals surface area (Å²) >= 11 is 0. The second-order valence-electron chi connectivity index (χ2n) is 4.18. The maximum absolute atomic E-state index is 5.52. The third-order valence-corrected chi connectivity index (χ3v) is 2.60. The van der Waals surface area contributed by atoms with Crippen molar-refractivity contribution in [2.24, 2.45) is 0 Å². The van der Waals surface area contributed by atoms with Crippen molar-refractivity contribution in [3.05, 3.63) is 0 Å². The van der Waals surface area contributed by atoms with Crippen molar-refractivity contribution >= 4 is 0 Å².